The molecule has 2 N–H and O–H groups in total. The van der Waals surface area contributed by atoms with Crippen molar-refractivity contribution in [3.63, 3.8) is 0 Å². The second kappa shape index (κ2) is 9.39. The topological polar surface area (TPSA) is 89.7 Å². The fourth-order valence-electron chi connectivity index (χ4n) is 2.81. The number of halogens is 1. The summed E-state index contributed by atoms with van der Waals surface area (Å²) < 4.78 is 3.47. The largest absolute Gasteiger partial charge is 0.354 e. The summed E-state index contributed by atoms with van der Waals surface area (Å²) in [5.41, 5.74) is 1.08. The smallest absolute Gasteiger partial charge is 0.241 e. The third-order valence-electron chi connectivity index (χ3n) is 4.04. The van der Waals surface area contributed by atoms with Crippen molar-refractivity contribution in [2.24, 2.45) is 0 Å². The van der Waals surface area contributed by atoms with E-state index >= 15 is 0 Å². The van der Waals surface area contributed by atoms with E-state index in [2.05, 4.69) is 26.0 Å². The van der Waals surface area contributed by atoms with Crippen molar-refractivity contribution in [3.8, 4) is 0 Å². The Bertz CT molecular complexity index is 607. The number of amides is 1. The standard InChI is InChI=1S/C15H23N7O.ClH/c23-15(17-6-2-8-21-10-7-18-20-21)12-22-9-4-14(19-22)13-3-1-5-16-11-13;/h4,7,9-10,13,16H,1-3,5-6,8,11-12H2,(H,17,23);1H. The molecule has 0 aliphatic carbocycles. The molecule has 0 bridgehead atoms. The zero-order valence-electron chi connectivity index (χ0n) is 13.6. The van der Waals surface area contributed by atoms with Gasteiger partial charge in [0.25, 0.3) is 0 Å². The Morgan fingerprint density at radius 2 is 2.29 bits per heavy atom. The number of carbonyl (C=O) groups is 1. The van der Waals surface area contributed by atoms with Crippen molar-refractivity contribution in [1.82, 2.24) is 35.4 Å². The lowest BCUT2D eigenvalue weighted by molar-refractivity contribution is -0.121. The Morgan fingerprint density at radius 3 is 3.04 bits per heavy atom. The number of piperidine rings is 1. The van der Waals surface area contributed by atoms with E-state index in [0.717, 1.165) is 31.7 Å². The van der Waals surface area contributed by atoms with Crippen LogP contribution in [0.25, 0.3) is 0 Å². The third kappa shape index (κ3) is 5.31. The molecule has 8 nitrogen and oxygen atoms in total. The molecule has 1 aliphatic heterocycles. The molecule has 2 aromatic rings. The van der Waals surface area contributed by atoms with Crippen LogP contribution in [0.2, 0.25) is 0 Å². The van der Waals surface area contributed by atoms with E-state index < -0.39 is 0 Å². The van der Waals surface area contributed by atoms with E-state index in [1.165, 1.54) is 12.8 Å². The molecule has 0 radical (unpaired) electrons. The number of hydrogen-bond acceptors (Lipinski definition) is 5. The minimum Gasteiger partial charge on any atom is -0.354 e. The molecular weight excluding hydrogens is 330 g/mol. The van der Waals surface area contributed by atoms with Crippen molar-refractivity contribution in [1.29, 1.82) is 0 Å². The van der Waals surface area contributed by atoms with Crippen LogP contribution >= 0.6 is 12.4 Å². The molecule has 1 fully saturated rings. The fraction of sp³-hybridized carbons (Fsp3) is 0.600. The van der Waals surface area contributed by atoms with E-state index in [1.807, 2.05) is 18.5 Å². The van der Waals surface area contributed by atoms with Crippen molar-refractivity contribution in [2.45, 2.75) is 38.3 Å². The normalized spacial score (nSPS) is 17.2. The lowest BCUT2D eigenvalue weighted by Crippen LogP contribution is -2.30. The minimum atomic E-state index is -0.0139. The third-order valence-corrected chi connectivity index (χ3v) is 4.04. The van der Waals surface area contributed by atoms with Gasteiger partial charge in [-0.2, -0.15) is 5.10 Å². The van der Waals surface area contributed by atoms with Crippen LogP contribution in [-0.2, 0) is 17.9 Å². The molecule has 0 aromatic carbocycles. The first-order chi connectivity index (χ1) is 11.3. The summed E-state index contributed by atoms with van der Waals surface area (Å²) in [7, 11) is 0. The van der Waals surface area contributed by atoms with E-state index in [1.54, 1.807) is 15.6 Å². The van der Waals surface area contributed by atoms with Gasteiger partial charge >= 0.3 is 0 Å². The molecule has 1 saturated heterocycles. The molecule has 24 heavy (non-hydrogen) atoms. The summed E-state index contributed by atoms with van der Waals surface area (Å²) in [5, 5.41) is 18.5. The number of hydrogen-bond donors (Lipinski definition) is 2. The van der Waals surface area contributed by atoms with Crippen LogP contribution in [0.5, 0.6) is 0 Å². The Hall–Kier alpha value is -1.93. The Kier molecular flexibility index (Phi) is 7.20. The first-order valence-corrected chi connectivity index (χ1v) is 8.16. The number of aromatic nitrogens is 5. The summed E-state index contributed by atoms with van der Waals surface area (Å²) >= 11 is 0. The molecule has 9 heteroatoms. The van der Waals surface area contributed by atoms with E-state index in [4.69, 9.17) is 0 Å². The summed E-state index contributed by atoms with van der Waals surface area (Å²) in [5.74, 6) is 0.454. The van der Waals surface area contributed by atoms with Gasteiger partial charge in [0, 0.05) is 37.9 Å². The van der Waals surface area contributed by atoms with Gasteiger partial charge in [0.1, 0.15) is 6.54 Å². The second-order valence-electron chi connectivity index (χ2n) is 5.85. The molecule has 1 unspecified atom stereocenters. The maximum Gasteiger partial charge on any atom is 0.241 e. The van der Waals surface area contributed by atoms with Gasteiger partial charge in [-0.05, 0) is 31.9 Å². The second-order valence-corrected chi connectivity index (χ2v) is 5.85. The average Bonchev–Trinajstić information content (AvgIpc) is 3.24. The quantitative estimate of drug-likeness (QED) is 0.710. The van der Waals surface area contributed by atoms with Crippen LogP contribution in [-0.4, -0.2) is 50.3 Å². The van der Waals surface area contributed by atoms with Gasteiger partial charge in [-0.1, -0.05) is 5.21 Å². The van der Waals surface area contributed by atoms with Gasteiger partial charge < -0.3 is 10.6 Å². The molecule has 3 heterocycles. The van der Waals surface area contributed by atoms with Crippen molar-refractivity contribution in [3.05, 3.63) is 30.4 Å². The number of aryl methyl sites for hydroxylation is 1. The summed E-state index contributed by atoms with van der Waals surface area (Å²) in [6.45, 7) is 3.71. The Balaban J connectivity index is 0.00000208. The van der Waals surface area contributed by atoms with Crippen LogP contribution in [0.1, 0.15) is 30.9 Å². The highest BCUT2D eigenvalue weighted by Crippen LogP contribution is 2.21. The van der Waals surface area contributed by atoms with Gasteiger partial charge in [0.2, 0.25) is 5.91 Å². The molecule has 3 rings (SSSR count). The summed E-state index contributed by atoms with van der Waals surface area (Å²) in [4.78, 5) is 11.9. The van der Waals surface area contributed by atoms with Crippen molar-refractivity contribution < 1.29 is 4.79 Å². The Morgan fingerprint density at radius 1 is 1.38 bits per heavy atom. The van der Waals surface area contributed by atoms with Gasteiger partial charge in [0.15, 0.2) is 0 Å². The van der Waals surface area contributed by atoms with Crippen LogP contribution in [0.4, 0.5) is 0 Å². The highest BCUT2D eigenvalue weighted by Gasteiger charge is 2.17. The number of nitrogens with zero attached hydrogens (tertiary/aromatic N) is 5. The lowest BCUT2D eigenvalue weighted by atomic mass is 9.97. The molecule has 1 amide bonds. The maximum atomic E-state index is 11.9. The van der Waals surface area contributed by atoms with Crippen LogP contribution < -0.4 is 10.6 Å². The van der Waals surface area contributed by atoms with Gasteiger partial charge in [0.05, 0.1) is 11.9 Å². The number of carbonyl (C=O) groups excluding carboxylic acids is 1. The highest BCUT2D eigenvalue weighted by atomic mass is 35.5. The average molecular weight is 354 g/mol. The first-order valence-electron chi connectivity index (χ1n) is 8.16. The van der Waals surface area contributed by atoms with Crippen LogP contribution in [0.15, 0.2) is 24.7 Å². The van der Waals surface area contributed by atoms with Crippen LogP contribution in [0.3, 0.4) is 0 Å². The first kappa shape index (κ1) is 18.4. The molecule has 0 spiro atoms. The predicted octanol–water partition coefficient (Wildman–Crippen LogP) is 0.570. The number of nitrogens with one attached hydrogen (secondary N) is 2. The number of rotatable bonds is 7. The minimum absolute atomic E-state index is 0. The zero-order valence-corrected chi connectivity index (χ0v) is 14.4. The summed E-state index contributed by atoms with van der Waals surface area (Å²) in [6.07, 6.45) is 8.53. The molecular formula is C15H24ClN7O. The Labute approximate surface area is 147 Å². The SMILES string of the molecule is Cl.O=C(Cn1ccc(C2CCCNC2)n1)NCCCn1ccnn1. The van der Waals surface area contributed by atoms with Gasteiger partial charge in [-0.15, -0.1) is 17.5 Å². The maximum absolute atomic E-state index is 11.9. The zero-order chi connectivity index (χ0) is 15.9. The van der Waals surface area contributed by atoms with Gasteiger partial charge in [-0.25, -0.2) is 0 Å². The van der Waals surface area contributed by atoms with E-state index in [9.17, 15) is 4.79 Å². The van der Waals surface area contributed by atoms with Crippen molar-refractivity contribution in [2.75, 3.05) is 19.6 Å². The fourth-order valence-corrected chi connectivity index (χ4v) is 2.81. The molecule has 132 valence electrons. The highest BCUT2D eigenvalue weighted by molar-refractivity contribution is 5.85. The lowest BCUT2D eigenvalue weighted by Gasteiger charge is -2.20. The van der Waals surface area contributed by atoms with E-state index in [0.29, 0.717) is 12.5 Å². The van der Waals surface area contributed by atoms with E-state index in [-0.39, 0.29) is 24.9 Å². The summed E-state index contributed by atoms with van der Waals surface area (Å²) in [6, 6.07) is 2.02. The van der Waals surface area contributed by atoms with Crippen LogP contribution in [0, 0.1) is 0 Å². The predicted molar refractivity (Wildman–Crippen MR) is 92.0 cm³/mol. The molecule has 1 atom stereocenters. The molecule has 0 saturated carbocycles. The molecule has 2 aromatic heterocycles. The van der Waals surface area contributed by atoms with Crippen molar-refractivity contribution >= 4 is 18.3 Å². The molecule has 1 aliphatic rings. The van der Waals surface area contributed by atoms with Gasteiger partial charge in [-0.3, -0.25) is 14.2 Å². The monoisotopic (exact) mass is 353 g/mol.